The van der Waals surface area contributed by atoms with Crippen molar-refractivity contribution in [2.24, 2.45) is 0 Å². The lowest BCUT2D eigenvalue weighted by Gasteiger charge is -2.29. The summed E-state index contributed by atoms with van der Waals surface area (Å²) in [4.78, 5) is 11.4. The van der Waals surface area contributed by atoms with Crippen molar-refractivity contribution < 1.29 is 0 Å². The number of hydrogen-bond donors (Lipinski definition) is 1. The molecular formula is C15H20N4S. The number of nitrogens with one attached hydrogen (secondary N) is 1. The van der Waals surface area contributed by atoms with Gasteiger partial charge in [0.15, 0.2) is 0 Å². The van der Waals surface area contributed by atoms with Crippen LogP contribution in [0.4, 0.5) is 0 Å². The molecule has 0 radical (unpaired) electrons. The molecule has 2 aromatic heterocycles. The molecule has 0 saturated carbocycles. The standard InChI is InChI=1S/C15H20N4S/c1-19-8-5-12(6-9-19)17-10-13-11-20-15(18-13)14-4-2-3-7-16-14/h2-4,7,11-12,17H,5-6,8-10H2,1H3. The monoisotopic (exact) mass is 288 g/mol. The van der Waals surface area contributed by atoms with Gasteiger partial charge in [-0.2, -0.15) is 0 Å². The van der Waals surface area contributed by atoms with Crippen molar-refractivity contribution in [1.82, 2.24) is 20.2 Å². The van der Waals surface area contributed by atoms with E-state index in [2.05, 4.69) is 32.6 Å². The van der Waals surface area contributed by atoms with E-state index in [1.165, 1.54) is 25.9 Å². The van der Waals surface area contributed by atoms with E-state index >= 15 is 0 Å². The maximum absolute atomic E-state index is 4.66. The first-order valence-electron chi connectivity index (χ1n) is 7.09. The van der Waals surface area contributed by atoms with E-state index in [0.29, 0.717) is 6.04 Å². The van der Waals surface area contributed by atoms with Gasteiger partial charge in [-0.25, -0.2) is 4.98 Å². The number of nitrogens with zero attached hydrogens (tertiary/aromatic N) is 3. The van der Waals surface area contributed by atoms with E-state index in [1.54, 1.807) is 11.3 Å². The van der Waals surface area contributed by atoms with Crippen LogP contribution >= 0.6 is 11.3 Å². The molecule has 1 fully saturated rings. The molecule has 0 aromatic carbocycles. The number of hydrogen-bond acceptors (Lipinski definition) is 5. The molecular weight excluding hydrogens is 268 g/mol. The third-order valence-electron chi connectivity index (χ3n) is 3.73. The molecule has 1 N–H and O–H groups in total. The molecule has 1 aliphatic heterocycles. The molecule has 0 spiro atoms. The second kappa shape index (κ2) is 6.43. The average molecular weight is 288 g/mol. The lowest BCUT2D eigenvalue weighted by Crippen LogP contribution is -2.40. The van der Waals surface area contributed by atoms with Crippen LogP contribution in [0.1, 0.15) is 18.5 Å². The smallest absolute Gasteiger partial charge is 0.142 e. The third kappa shape index (κ3) is 3.42. The highest BCUT2D eigenvalue weighted by molar-refractivity contribution is 7.13. The van der Waals surface area contributed by atoms with Crippen LogP contribution in [0.25, 0.3) is 10.7 Å². The minimum Gasteiger partial charge on any atom is -0.308 e. The van der Waals surface area contributed by atoms with E-state index in [0.717, 1.165) is 22.9 Å². The van der Waals surface area contributed by atoms with Gasteiger partial charge < -0.3 is 10.2 Å². The van der Waals surface area contributed by atoms with Gasteiger partial charge in [0.05, 0.1) is 11.4 Å². The Morgan fingerprint density at radius 1 is 1.35 bits per heavy atom. The number of thiazole rings is 1. The van der Waals surface area contributed by atoms with Gasteiger partial charge in [-0.15, -0.1) is 11.3 Å². The predicted octanol–water partition coefficient (Wildman–Crippen LogP) is 2.39. The summed E-state index contributed by atoms with van der Waals surface area (Å²) in [5, 5.41) is 6.76. The minimum atomic E-state index is 0.631. The molecule has 3 rings (SSSR count). The molecule has 0 aliphatic carbocycles. The normalized spacial score (nSPS) is 17.4. The Morgan fingerprint density at radius 2 is 2.20 bits per heavy atom. The van der Waals surface area contributed by atoms with Crippen LogP contribution in [0.15, 0.2) is 29.8 Å². The Hall–Kier alpha value is -1.30. The molecule has 2 aromatic rings. The van der Waals surface area contributed by atoms with E-state index in [1.807, 2.05) is 24.4 Å². The van der Waals surface area contributed by atoms with Crippen molar-refractivity contribution in [2.45, 2.75) is 25.4 Å². The van der Waals surface area contributed by atoms with Crippen molar-refractivity contribution in [3.63, 3.8) is 0 Å². The van der Waals surface area contributed by atoms with Gasteiger partial charge in [0, 0.05) is 24.2 Å². The van der Waals surface area contributed by atoms with Crippen LogP contribution in [-0.2, 0) is 6.54 Å². The second-order valence-corrected chi connectivity index (χ2v) is 6.18. The summed E-state index contributed by atoms with van der Waals surface area (Å²) in [5.41, 5.74) is 2.08. The van der Waals surface area contributed by atoms with Gasteiger partial charge in [-0.3, -0.25) is 4.98 Å². The van der Waals surface area contributed by atoms with Crippen LogP contribution in [0.3, 0.4) is 0 Å². The first-order valence-corrected chi connectivity index (χ1v) is 7.97. The zero-order valence-corrected chi connectivity index (χ0v) is 12.6. The van der Waals surface area contributed by atoms with E-state index in [4.69, 9.17) is 0 Å². The predicted molar refractivity (Wildman–Crippen MR) is 82.7 cm³/mol. The van der Waals surface area contributed by atoms with Gasteiger partial charge in [0.2, 0.25) is 0 Å². The Morgan fingerprint density at radius 3 is 2.95 bits per heavy atom. The summed E-state index contributed by atoms with van der Waals surface area (Å²) in [6, 6.07) is 6.57. The molecule has 4 nitrogen and oxygen atoms in total. The highest BCUT2D eigenvalue weighted by atomic mass is 32.1. The van der Waals surface area contributed by atoms with Crippen LogP contribution in [-0.4, -0.2) is 41.0 Å². The summed E-state index contributed by atoms with van der Waals surface area (Å²) < 4.78 is 0. The number of likely N-dealkylation sites (tertiary alicyclic amines) is 1. The summed E-state index contributed by atoms with van der Waals surface area (Å²) in [6.07, 6.45) is 4.27. The van der Waals surface area contributed by atoms with Crippen molar-refractivity contribution in [3.05, 3.63) is 35.5 Å². The quantitative estimate of drug-likeness (QED) is 0.938. The number of pyridine rings is 1. The maximum atomic E-state index is 4.66. The van der Waals surface area contributed by atoms with Crippen molar-refractivity contribution in [3.8, 4) is 10.7 Å². The van der Waals surface area contributed by atoms with Crippen molar-refractivity contribution in [1.29, 1.82) is 0 Å². The first kappa shape index (κ1) is 13.7. The fourth-order valence-corrected chi connectivity index (χ4v) is 3.25. The molecule has 1 aliphatic rings. The molecule has 0 atom stereocenters. The van der Waals surface area contributed by atoms with E-state index in [9.17, 15) is 0 Å². The largest absolute Gasteiger partial charge is 0.308 e. The van der Waals surface area contributed by atoms with Crippen molar-refractivity contribution >= 4 is 11.3 Å². The zero-order chi connectivity index (χ0) is 13.8. The summed E-state index contributed by atoms with van der Waals surface area (Å²) in [7, 11) is 2.19. The summed E-state index contributed by atoms with van der Waals surface area (Å²) >= 11 is 1.67. The maximum Gasteiger partial charge on any atom is 0.142 e. The molecule has 0 unspecified atom stereocenters. The highest BCUT2D eigenvalue weighted by Crippen LogP contribution is 2.21. The number of piperidine rings is 1. The Bertz CT molecular complexity index is 532. The van der Waals surface area contributed by atoms with Gasteiger partial charge >= 0.3 is 0 Å². The second-order valence-electron chi connectivity index (χ2n) is 5.32. The fourth-order valence-electron chi connectivity index (χ4n) is 2.46. The molecule has 106 valence electrons. The number of aromatic nitrogens is 2. The summed E-state index contributed by atoms with van der Waals surface area (Å²) in [5.74, 6) is 0. The van der Waals surface area contributed by atoms with Gasteiger partial charge in [-0.05, 0) is 45.1 Å². The minimum absolute atomic E-state index is 0.631. The average Bonchev–Trinajstić information content (AvgIpc) is 2.97. The molecule has 3 heterocycles. The SMILES string of the molecule is CN1CCC(NCc2csc(-c3ccccn3)n2)CC1. The topological polar surface area (TPSA) is 41.0 Å². The first-order chi connectivity index (χ1) is 9.81. The highest BCUT2D eigenvalue weighted by Gasteiger charge is 2.16. The Kier molecular flexibility index (Phi) is 4.40. The van der Waals surface area contributed by atoms with Crippen LogP contribution < -0.4 is 5.32 Å². The molecule has 0 bridgehead atoms. The molecule has 0 amide bonds. The lowest BCUT2D eigenvalue weighted by molar-refractivity contribution is 0.234. The lowest BCUT2D eigenvalue weighted by atomic mass is 10.1. The molecule has 5 heteroatoms. The van der Waals surface area contributed by atoms with E-state index < -0.39 is 0 Å². The molecule has 1 saturated heterocycles. The van der Waals surface area contributed by atoms with Gasteiger partial charge in [-0.1, -0.05) is 6.07 Å². The Labute approximate surface area is 123 Å². The zero-order valence-electron chi connectivity index (χ0n) is 11.7. The van der Waals surface area contributed by atoms with Gasteiger partial charge in [0.25, 0.3) is 0 Å². The fraction of sp³-hybridized carbons (Fsp3) is 0.467. The van der Waals surface area contributed by atoms with Crippen LogP contribution in [0, 0.1) is 0 Å². The van der Waals surface area contributed by atoms with Gasteiger partial charge in [0.1, 0.15) is 5.01 Å². The third-order valence-corrected chi connectivity index (χ3v) is 4.64. The number of rotatable bonds is 4. The summed E-state index contributed by atoms with van der Waals surface area (Å²) in [6.45, 7) is 3.24. The van der Waals surface area contributed by atoms with E-state index in [-0.39, 0.29) is 0 Å². The molecule has 20 heavy (non-hydrogen) atoms. The Balaban J connectivity index is 1.55. The van der Waals surface area contributed by atoms with Crippen molar-refractivity contribution in [2.75, 3.05) is 20.1 Å². The van der Waals surface area contributed by atoms with Crippen LogP contribution in [0.2, 0.25) is 0 Å². The van der Waals surface area contributed by atoms with Crippen LogP contribution in [0.5, 0.6) is 0 Å².